The molecule has 106 valence electrons. The minimum Gasteiger partial charge on any atom is -0.355 e. The van der Waals surface area contributed by atoms with Crippen LogP contribution in [0.1, 0.15) is 25.3 Å². The molecule has 1 saturated heterocycles. The Labute approximate surface area is 122 Å². The van der Waals surface area contributed by atoms with Crippen LogP contribution in [0.15, 0.2) is 29.4 Å². The van der Waals surface area contributed by atoms with Gasteiger partial charge in [-0.2, -0.15) is 5.10 Å². The molecular formula is C14H16ClN3O2. The molecule has 0 bridgehead atoms. The van der Waals surface area contributed by atoms with Gasteiger partial charge in [0.1, 0.15) is 5.92 Å². The van der Waals surface area contributed by atoms with Gasteiger partial charge in [0.15, 0.2) is 0 Å². The zero-order chi connectivity index (χ0) is 14.5. The fraction of sp³-hybridized carbons (Fsp3) is 0.357. The molecule has 0 aromatic heterocycles. The molecule has 1 aromatic carbocycles. The Balaban J connectivity index is 1.99. The monoisotopic (exact) mass is 293 g/mol. The highest BCUT2D eigenvalue weighted by molar-refractivity contribution is 6.30. The van der Waals surface area contributed by atoms with Crippen molar-refractivity contribution in [2.45, 2.75) is 19.8 Å². The standard InChI is InChI=1S/C14H16ClN3O2/c1-9(10-4-6-11(15)7-5-10)17-18-14(20)12-3-2-8-16-13(12)19/h4-7,12H,2-3,8H2,1H3,(H,16,19)(H,18,20)/b17-9-/t12-/m0/s1. The number of carbonyl (C=O) groups excluding carboxylic acids is 2. The van der Waals surface area contributed by atoms with Gasteiger partial charge < -0.3 is 5.32 Å². The average molecular weight is 294 g/mol. The second kappa shape index (κ2) is 6.52. The van der Waals surface area contributed by atoms with Crippen LogP contribution in [0.4, 0.5) is 0 Å². The summed E-state index contributed by atoms with van der Waals surface area (Å²) >= 11 is 5.81. The lowest BCUT2D eigenvalue weighted by molar-refractivity contribution is -0.136. The number of nitrogens with zero attached hydrogens (tertiary/aromatic N) is 1. The van der Waals surface area contributed by atoms with Crippen molar-refractivity contribution in [1.29, 1.82) is 0 Å². The fourth-order valence-electron chi connectivity index (χ4n) is 1.99. The van der Waals surface area contributed by atoms with Crippen LogP contribution in [0.5, 0.6) is 0 Å². The number of nitrogens with one attached hydrogen (secondary N) is 2. The number of rotatable bonds is 3. The number of hydrogen-bond acceptors (Lipinski definition) is 3. The van der Waals surface area contributed by atoms with Crippen LogP contribution in [-0.4, -0.2) is 24.1 Å². The SMILES string of the molecule is C/C(=N/NC(=O)[C@H]1CCCNC1=O)c1ccc(Cl)cc1. The summed E-state index contributed by atoms with van der Waals surface area (Å²) in [7, 11) is 0. The van der Waals surface area contributed by atoms with Crippen LogP contribution in [0.3, 0.4) is 0 Å². The summed E-state index contributed by atoms with van der Waals surface area (Å²) in [5.74, 6) is -1.24. The zero-order valence-electron chi connectivity index (χ0n) is 11.1. The molecular weight excluding hydrogens is 278 g/mol. The topological polar surface area (TPSA) is 70.6 Å². The van der Waals surface area contributed by atoms with E-state index in [9.17, 15) is 9.59 Å². The van der Waals surface area contributed by atoms with E-state index in [1.54, 1.807) is 19.1 Å². The van der Waals surface area contributed by atoms with Crippen LogP contribution in [0.25, 0.3) is 0 Å². The van der Waals surface area contributed by atoms with Crippen molar-refractivity contribution >= 4 is 29.1 Å². The maximum atomic E-state index is 11.9. The summed E-state index contributed by atoms with van der Waals surface area (Å²) in [6.07, 6.45) is 1.37. The predicted molar refractivity (Wildman–Crippen MR) is 77.5 cm³/mol. The van der Waals surface area contributed by atoms with E-state index in [1.807, 2.05) is 12.1 Å². The highest BCUT2D eigenvalue weighted by Gasteiger charge is 2.28. The van der Waals surface area contributed by atoms with Crippen molar-refractivity contribution in [3.63, 3.8) is 0 Å². The van der Waals surface area contributed by atoms with E-state index in [1.165, 1.54) is 0 Å². The third-order valence-electron chi connectivity index (χ3n) is 3.20. The van der Waals surface area contributed by atoms with Crippen LogP contribution in [-0.2, 0) is 9.59 Å². The van der Waals surface area contributed by atoms with Gasteiger partial charge >= 0.3 is 0 Å². The largest absolute Gasteiger partial charge is 0.355 e. The van der Waals surface area contributed by atoms with E-state index in [4.69, 9.17) is 11.6 Å². The van der Waals surface area contributed by atoms with Crippen molar-refractivity contribution in [3.05, 3.63) is 34.9 Å². The molecule has 1 fully saturated rings. The van der Waals surface area contributed by atoms with Gasteiger partial charge in [-0.1, -0.05) is 23.7 Å². The quantitative estimate of drug-likeness (QED) is 0.506. The molecule has 0 spiro atoms. The number of carbonyl (C=O) groups is 2. The number of piperidine rings is 1. The second-order valence-electron chi connectivity index (χ2n) is 4.67. The van der Waals surface area contributed by atoms with E-state index in [0.717, 1.165) is 12.0 Å². The second-order valence-corrected chi connectivity index (χ2v) is 5.10. The fourth-order valence-corrected chi connectivity index (χ4v) is 2.12. The van der Waals surface area contributed by atoms with Gasteiger partial charge in [0.05, 0.1) is 5.71 Å². The molecule has 1 aliphatic rings. The molecule has 2 N–H and O–H groups in total. The summed E-state index contributed by atoms with van der Waals surface area (Å²) in [5.41, 5.74) is 3.97. The Hall–Kier alpha value is -1.88. The van der Waals surface area contributed by atoms with Gasteiger partial charge in [-0.25, -0.2) is 5.43 Å². The molecule has 0 aliphatic carbocycles. The van der Waals surface area contributed by atoms with Crippen LogP contribution in [0, 0.1) is 5.92 Å². The Morgan fingerprint density at radius 1 is 1.40 bits per heavy atom. The normalized spacial score (nSPS) is 19.4. The Bertz CT molecular complexity index is 540. The first-order valence-electron chi connectivity index (χ1n) is 6.45. The molecule has 0 unspecified atom stereocenters. The Morgan fingerprint density at radius 3 is 2.75 bits per heavy atom. The highest BCUT2D eigenvalue weighted by atomic mass is 35.5. The van der Waals surface area contributed by atoms with Gasteiger partial charge in [0, 0.05) is 11.6 Å². The van der Waals surface area contributed by atoms with E-state index in [-0.39, 0.29) is 11.8 Å². The van der Waals surface area contributed by atoms with E-state index in [2.05, 4.69) is 15.8 Å². The summed E-state index contributed by atoms with van der Waals surface area (Å²) in [6.45, 7) is 2.42. The zero-order valence-corrected chi connectivity index (χ0v) is 11.9. The molecule has 1 atom stereocenters. The summed E-state index contributed by atoms with van der Waals surface area (Å²) in [5, 5.41) is 7.35. The first kappa shape index (κ1) is 14.5. The molecule has 2 rings (SSSR count). The van der Waals surface area contributed by atoms with Crippen molar-refractivity contribution in [3.8, 4) is 0 Å². The van der Waals surface area contributed by atoms with Gasteiger partial charge in [-0.05, 0) is 37.5 Å². The first-order chi connectivity index (χ1) is 9.58. The molecule has 1 aromatic rings. The van der Waals surface area contributed by atoms with Crippen molar-refractivity contribution < 1.29 is 9.59 Å². The van der Waals surface area contributed by atoms with E-state index >= 15 is 0 Å². The maximum absolute atomic E-state index is 11.9. The van der Waals surface area contributed by atoms with Gasteiger partial charge in [0.2, 0.25) is 5.91 Å². The summed E-state index contributed by atoms with van der Waals surface area (Å²) in [4.78, 5) is 23.5. The van der Waals surface area contributed by atoms with Crippen molar-refractivity contribution in [2.75, 3.05) is 6.54 Å². The van der Waals surface area contributed by atoms with Gasteiger partial charge in [-0.3, -0.25) is 9.59 Å². The summed E-state index contributed by atoms with van der Waals surface area (Å²) < 4.78 is 0. The van der Waals surface area contributed by atoms with Crippen LogP contribution >= 0.6 is 11.6 Å². The average Bonchev–Trinajstić information content (AvgIpc) is 2.45. The third kappa shape index (κ3) is 3.57. The highest BCUT2D eigenvalue weighted by Crippen LogP contribution is 2.12. The number of hydrogen-bond donors (Lipinski definition) is 2. The Kier molecular flexibility index (Phi) is 4.74. The predicted octanol–water partition coefficient (Wildman–Crippen LogP) is 1.71. The Morgan fingerprint density at radius 2 is 2.10 bits per heavy atom. The van der Waals surface area contributed by atoms with Crippen LogP contribution < -0.4 is 10.7 Å². The molecule has 5 nitrogen and oxygen atoms in total. The van der Waals surface area contributed by atoms with Gasteiger partial charge in [0.25, 0.3) is 5.91 Å². The number of hydrazone groups is 1. The minimum atomic E-state index is -0.648. The van der Waals surface area contributed by atoms with Crippen molar-refractivity contribution in [1.82, 2.24) is 10.7 Å². The minimum absolute atomic E-state index is 0.229. The number of halogens is 1. The van der Waals surface area contributed by atoms with Crippen LogP contribution in [0.2, 0.25) is 5.02 Å². The first-order valence-corrected chi connectivity index (χ1v) is 6.83. The summed E-state index contributed by atoms with van der Waals surface area (Å²) in [6, 6.07) is 7.15. The molecule has 0 radical (unpaired) electrons. The molecule has 2 amide bonds. The van der Waals surface area contributed by atoms with Crippen molar-refractivity contribution in [2.24, 2.45) is 11.0 Å². The van der Waals surface area contributed by atoms with E-state index in [0.29, 0.717) is 23.7 Å². The third-order valence-corrected chi connectivity index (χ3v) is 3.45. The lowest BCUT2D eigenvalue weighted by Crippen LogP contribution is -2.44. The number of amides is 2. The smallest absolute Gasteiger partial charge is 0.252 e. The molecule has 1 heterocycles. The van der Waals surface area contributed by atoms with Gasteiger partial charge in [-0.15, -0.1) is 0 Å². The molecule has 20 heavy (non-hydrogen) atoms. The lowest BCUT2D eigenvalue weighted by Gasteiger charge is -2.19. The molecule has 0 saturated carbocycles. The number of benzene rings is 1. The maximum Gasteiger partial charge on any atom is 0.252 e. The lowest BCUT2D eigenvalue weighted by atomic mass is 9.98. The molecule has 1 aliphatic heterocycles. The van der Waals surface area contributed by atoms with E-state index < -0.39 is 5.92 Å². The molecule has 6 heteroatoms.